The predicted octanol–water partition coefficient (Wildman–Crippen LogP) is 4.90. The van der Waals surface area contributed by atoms with Crippen molar-refractivity contribution in [3.63, 3.8) is 0 Å². The first kappa shape index (κ1) is 21.6. The molecule has 0 aliphatic heterocycles. The lowest BCUT2D eigenvalue weighted by molar-refractivity contribution is -0.122. The van der Waals surface area contributed by atoms with Crippen molar-refractivity contribution in [2.75, 3.05) is 0 Å². The predicted molar refractivity (Wildman–Crippen MR) is 125 cm³/mol. The molecular formula is C23H21Cl3N4O2. The van der Waals surface area contributed by atoms with E-state index in [1.165, 1.54) is 4.68 Å². The van der Waals surface area contributed by atoms with Gasteiger partial charge in [-0.1, -0.05) is 46.9 Å². The average Bonchev–Trinajstić information content (AvgIpc) is 3.68. The van der Waals surface area contributed by atoms with Gasteiger partial charge in [-0.15, -0.1) is 5.10 Å². The highest BCUT2D eigenvalue weighted by Gasteiger charge is 2.44. The zero-order chi connectivity index (χ0) is 22.5. The van der Waals surface area contributed by atoms with Crippen LogP contribution >= 0.6 is 34.8 Å². The first-order valence-electron chi connectivity index (χ1n) is 10.5. The highest BCUT2D eigenvalue weighted by atomic mass is 35.5. The van der Waals surface area contributed by atoms with E-state index in [1.54, 1.807) is 22.8 Å². The summed E-state index contributed by atoms with van der Waals surface area (Å²) in [6.07, 6.45) is 4.16. The third-order valence-electron chi connectivity index (χ3n) is 6.00. The molecular weight excluding hydrogens is 471 g/mol. The van der Waals surface area contributed by atoms with E-state index in [9.17, 15) is 9.59 Å². The zero-order valence-electron chi connectivity index (χ0n) is 17.2. The molecule has 1 heterocycles. The summed E-state index contributed by atoms with van der Waals surface area (Å²) in [6, 6.07) is 12.8. The summed E-state index contributed by atoms with van der Waals surface area (Å²) in [5.41, 5.74) is 1.08. The lowest BCUT2D eigenvalue weighted by Crippen LogP contribution is -2.42. The fraction of sp³-hybridized carbons (Fsp3) is 0.348. The number of nitrogens with zero attached hydrogens (tertiary/aromatic N) is 3. The van der Waals surface area contributed by atoms with Crippen LogP contribution < -0.4 is 11.0 Å². The molecule has 32 heavy (non-hydrogen) atoms. The fourth-order valence-electron chi connectivity index (χ4n) is 4.00. The largest absolute Gasteiger partial charge is 0.349 e. The van der Waals surface area contributed by atoms with Gasteiger partial charge in [0.1, 0.15) is 6.54 Å². The zero-order valence-corrected chi connectivity index (χ0v) is 19.4. The SMILES string of the molecule is O=C(Cn1nc(-c2ccc(Cl)cc2)n(C2CC2)c1=O)NC1(Cc2cccc(Cl)c2Cl)CC1. The van der Waals surface area contributed by atoms with E-state index < -0.39 is 0 Å². The van der Waals surface area contributed by atoms with Crippen LogP contribution in [0.4, 0.5) is 0 Å². The number of aromatic nitrogens is 3. The molecule has 166 valence electrons. The quantitative estimate of drug-likeness (QED) is 0.511. The Bertz CT molecular complexity index is 1240. The molecule has 9 heteroatoms. The van der Waals surface area contributed by atoms with Crippen LogP contribution in [0.15, 0.2) is 47.3 Å². The minimum absolute atomic E-state index is 0.129. The number of hydrogen-bond acceptors (Lipinski definition) is 3. The second kappa shape index (κ2) is 8.25. The lowest BCUT2D eigenvalue weighted by Gasteiger charge is -2.18. The second-order valence-corrected chi connectivity index (χ2v) is 9.81. The van der Waals surface area contributed by atoms with Crippen LogP contribution in [0.5, 0.6) is 0 Å². The third-order valence-corrected chi connectivity index (χ3v) is 7.11. The highest BCUT2D eigenvalue weighted by molar-refractivity contribution is 6.42. The minimum atomic E-state index is -0.354. The van der Waals surface area contributed by atoms with Crippen LogP contribution in [0.2, 0.25) is 15.1 Å². The first-order chi connectivity index (χ1) is 15.3. The number of rotatable bonds is 7. The Morgan fingerprint density at radius 2 is 1.81 bits per heavy atom. The van der Waals surface area contributed by atoms with Crippen LogP contribution in [0.25, 0.3) is 11.4 Å². The van der Waals surface area contributed by atoms with Gasteiger partial charge in [0.15, 0.2) is 5.82 Å². The molecule has 1 N–H and O–H groups in total. The molecule has 0 bridgehead atoms. The molecule has 0 atom stereocenters. The summed E-state index contributed by atoms with van der Waals surface area (Å²) < 4.78 is 2.94. The maximum Gasteiger partial charge on any atom is 0.346 e. The summed E-state index contributed by atoms with van der Waals surface area (Å²) in [7, 11) is 0. The van der Waals surface area contributed by atoms with Gasteiger partial charge in [0.25, 0.3) is 0 Å². The van der Waals surface area contributed by atoms with Crippen molar-refractivity contribution in [3.05, 3.63) is 73.6 Å². The Kier molecular flexibility index (Phi) is 5.56. The fourth-order valence-corrected chi connectivity index (χ4v) is 4.51. The lowest BCUT2D eigenvalue weighted by atomic mass is 10.0. The van der Waals surface area contributed by atoms with Crippen LogP contribution in [0.3, 0.4) is 0 Å². The van der Waals surface area contributed by atoms with Crippen molar-refractivity contribution in [2.24, 2.45) is 0 Å². The van der Waals surface area contributed by atoms with E-state index in [0.29, 0.717) is 27.3 Å². The molecule has 0 radical (unpaired) electrons. The Morgan fingerprint density at radius 1 is 1.09 bits per heavy atom. The van der Waals surface area contributed by atoms with E-state index in [2.05, 4.69) is 10.4 Å². The third kappa shape index (κ3) is 4.32. The Balaban J connectivity index is 1.35. The van der Waals surface area contributed by atoms with Gasteiger partial charge in [0.05, 0.1) is 10.0 Å². The van der Waals surface area contributed by atoms with Crippen LogP contribution in [0.1, 0.15) is 37.3 Å². The minimum Gasteiger partial charge on any atom is -0.349 e. The van der Waals surface area contributed by atoms with Gasteiger partial charge in [0.2, 0.25) is 5.91 Å². The molecule has 2 saturated carbocycles. The smallest absolute Gasteiger partial charge is 0.346 e. The Labute approximate surface area is 200 Å². The number of halogens is 3. The van der Waals surface area contributed by atoms with Crippen molar-refractivity contribution in [1.82, 2.24) is 19.7 Å². The topological polar surface area (TPSA) is 68.9 Å². The van der Waals surface area contributed by atoms with Crippen molar-refractivity contribution >= 4 is 40.7 Å². The number of amides is 1. The molecule has 0 spiro atoms. The molecule has 2 aliphatic carbocycles. The van der Waals surface area contributed by atoms with E-state index in [4.69, 9.17) is 34.8 Å². The summed E-state index contributed by atoms with van der Waals surface area (Å²) in [5, 5.41) is 9.21. The maximum absolute atomic E-state index is 13.0. The van der Waals surface area contributed by atoms with Gasteiger partial charge < -0.3 is 5.32 Å². The number of carbonyl (C=O) groups is 1. The molecule has 2 aliphatic rings. The van der Waals surface area contributed by atoms with Gasteiger partial charge in [-0.25, -0.2) is 9.48 Å². The van der Waals surface area contributed by atoms with Gasteiger partial charge in [-0.2, -0.15) is 0 Å². The second-order valence-electron chi connectivity index (χ2n) is 8.59. The summed E-state index contributed by atoms with van der Waals surface area (Å²) in [6.45, 7) is -0.135. The van der Waals surface area contributed by atoms with Crippen molar-refractivity contribution in [3.8, 4) is 11.4 Å². The van der Waals surface area contributed by atoms with Crippen molar-refractivity contribution < 1.29 is 4.79 Å². The monoisotopic (exact) mass is 490 g/mol. The van der Waals surface area contributed by atoms with E-state index in [-0.39, 0.29) is 29.7 Å². The van der Waals surface area contributed by atoms with E-state index in [1.807, 2.05) is 24.3 Å². The molecule has 5 rings (SSSR count). The molecule has 3 aromatic rings. The molecule has 1 aromatic heterocycles. The number of nitrogens with one attached hydrogen (secondary N) is 1. The summed E-state index contributed by atoms with van der Waals surface area (Å²) in [4.78, 5) is 25.9. The van der Waals surface area contributed by atoms with Crippen LogP contribution in [-0.2, 0) is 17.8 Å². The molecule has 2 aromatic carbocycles. The van der Waals surface area contributed by atoms with Crippen LogP contribution in [-0.4, -0.2) is 25.8 Å². The number of benzene rings is 2. The summed E-state index contributed by atoms with van der Waals surface area (Å²) in [5.74, 6) is 0.319. The molecule has 6 nitrogen and oxygen atoms in total. The van der Waals surface area contributed by atoms with Gasteiger partial charge >= 0.3 is 5.69 Å². The Morgan fingerprint density at radius 3 is 2.47 bits per heavy atom. The normalized spacial score (nSPS) is 16.7. The molecule has 1 amide bonds. The van der Waals surface area contributed by atoms with Gasteiger partial charge in [-0.05, 0) is 68.0 Å². The van der Waals surface area contributed by atoms with Crippen LogP contribution in [0, 0.1) is 0 Å². The standard InChI is InChI=1S/C23H21Cl3N4O2/c24-16-6-4-14(5-7-16)21-28-29(22(32)30(21)17-8-9-17)13-19(31)27-23(10-11-23)12-15-2-1-3-18(25)20(15)26/h1-7,17H,8-13H2,(H,27,31). The molecule has 2 fully saturated rings. The van der Waals surface area contributed by atoms with Gasteiger partial charge in [-0.3, -0.25) is 9.36 Å². The molecule has 0 saturated heterocycles. The number of carbonyl (C=O) groups excluding carboxylic acids is 1. The first-order valence-corrected chi connectivity index (χ1v) is 11.7. The van der Waals surface area contributed by atoms with Gasteiger partial charge in [0, 0.05) is 22.2 Å². The van der Waals surface area contributed by atoms with Crippen molar-refractivity contribution in [2.45, 2.75) is 50.2 Å². The highest BCUT2D eigenvalue weighted by Crippen LogP contribution is 2.41. The number of hydrogen-bond donors (Lipinski definition) is 1. The maximum atomic E-state index is 13.0. The van der Waals surface area contributed by atoms with E-state index in [0.717, 1.165) is 36.8 Å². The average molecular weight is 492 g/mol. The summed E-state index contributed by atoms with van der Waals surface area (Å²) >= 11 is 18.5. The van der Waals surface area contributed by atoms with Crippen molar-refractivity contribution in [1.29, 1.82) is 0 Å². The Hall–Kier alpha value is -2.28. The molecule has 0 unspecified atom stereocenters. The van der Waals surface area contributed by atoms with E-state index >= 15 is 0 Å².